The van der Waals surface area contributed by atoms with Crippen molar-refractivity contribution < 1.29 is 23.9 Å². The third kappa shape index (κ3) is 3.97. The SMILES string of the molecule is COC(=O)c1ccc(COc2cc([N+](=O)[O-])ccc2OC)cc1. The van der Waals surface area contributed by atoms with E-state index >= 15 is 0 Å². The molecule has 0 aliphatic rings. The molecule has 0 atom stereocenters. The molecule has 0 unspecified atom stereocenters. The molecule has 0 aliphatic carbocycles. The number of hydrogen-bond donors (Lipinski definition) is 0. The van der Waals surface area contributed by atoms with Crippen LogP contribution in [-0.4, -0.2) is 25.1 Å². The van der Waals surface area contributed by atoms with Gasteiger partial charge in [-0.3, -0.25) is 10.1 Å². The van der Waals surface area contributed by atoms with Gasteiger partial charge in [0, 0.05) is 6.07 Å². The number of esters is 1. The molecule has 7 heteroatoms. The predicted octanol–water partition coefficient (Wildman–Crippen LogP) is 2.97. The lowest BCUT2D eigenvalue weighted by molar-refractivity contribution is -0.385. The first kappa shape index (κ1) is 16.3. The van der Waals surface area contributed by atoms with Crippen LogP contribution in [0.1, 0.15) is 15.9 Å². The van der Waals surface area contributed by atoms with Gasteiger partial charge in [0.25, 0.3) is 5.69 Å². The van der Waals surface area contributed by atoms with Crippen LogP contribution in [0.15, 0.2) is 42.5 Å². The fourth-order valence-electron chi connectivity index (χ4n) is 1.91. The Balaban J connectivity index is 2.12. The molecular formula is C16H15NO6. The fraction of sp³-hybridized carbons (Fsp3) is 0.188. The number of nitro groups is 1. The molecule has 7 nitrogen and oxygen atoms in total. The molecule has 0 radical (unpaired) electrons. The summed E-state index contributed by atoms with van der Waals surface area (Å²) in [5.41, 5.74) is 1.15. The predicted molar refractivity (Wildman–Crippen MR) is 81.8 cm³/mol. The molecule has 0 bridgehead atoms. The Morgan fingerprint density at radius 1 is 1.09 bits per heavy atom. The molecule has 120 valence electrons. The van der Waals surface area contributed by atoms with E-state index in [4.69, 9.17) is 9.47 Å². The Morgan fingerprint density at radius 3 is 2.35 bits per heavy atom. The van der Waals surface area contributed by atoms with Gasteiger partial charge in [0.05, 0.1) is 30.8 Å². The van der Waals surface area contributed by atoms with Crippen LogP contribution in [-0.2, 0) is 11.3 Å². The summed E-state index contributed by atoms with van der Waals surface area (Å²) in [6.07, 6.45) is 0. The van der Waals surface area contributed by atoms with Crippen LogP contribution in [0.4, 0.5) is 5.69 Å². The maximum Gasteiger partial charge on any atom is 0.337 e. The average Bonchev–Trinajstić information content (AvgIpc) is 2.59. The van der Waals surface area contributed by atoms with Gasteiger partial charge in [0.1, 0.15) is 6.61 Å². The van der Waals surface area contributed by atoms with Crippen LogP contribution in [0.25, 0.3) is 0 Å². The first-order valence-electron chi connectivity index (χ1n) is 6.67. The minimum absolute atomic E-state index is 0.0816. The van der Waals surface area contributed by atoms with E-state index in [1.54, 1.807) is 24.3 Å². The van der Waals surface area contributed by atoms with E-state index in [0.717, 1.165) is 5.56 Å². The van der Waals surface area contributed by atoms with Crippen LogP contribution >= 0.6 is 0 Å². The lowest BCUT2D eigenvalue weighted by Crippen LogP contribution is -2.02. The van der Waals surface area contributed by atoms with Crippen molar-refractivity contribution in [1.82, 2.24) is 0 Å². The second kappa shape index (κ2) is 7.26. The highest BCUT2D eigenvalue weighted by Gasteiger charge is 2.13. The van der Waals surface area contributed by atoms with Gasteiger partial charge in [0.2, 0.25) is 0 Å². The molecule has 0 spiro atoms. The molecule has 0 saturated carbocycles. The minimum atomic E-state index is -0.503. The topological polar surface area (TPSA) is 87.9 Å². The van der Waals surface area contributed by atoms with Crippen molar-refractivity contribution in [2.75, 3.05) is 14.2 Å². The van der Waals surface area contributed by atoms with Crippen molar-refractivity contribution in [2.24, 2.45) is 0 Å². The van der Waals surface area contributed by atoms with Gasteiger partial charge in [-0.2, -0.15) is 0 Å². The van der Waals surface area contributed by atoms with Crippen LogP contribution in [0.2, 0.25) is 0 Å². The van der Waals surface area contributed by atoms with Crippen LogP contribution < -0.4 is 9.47 Å². The zero-order chi connectivity index (χ0) is 16.8. The second-order valence-electron chi connectivity index (χ2n) is 4.57. The number of carbonyl (C=O) groups excluding carboxylic acids is 1. The van der Waals surface area contributed by atoms with Gasteiger partial charge in [-0.15, -0.1) is 0 Å². The van der Waals surface area contributed by atoms with Gasteiger partial charge in [-0.1, -0.05) is 12.1 Å². The summed E-state index contributed by atoms with van der Waals surface area (Å²) in [6.45, 7) is 0.180. The molecule has 2 aromatic carbocycles. The Labute approximate surface area is 132 Å². The molecule has 0 aromatic heterocycles. The van der Waals surface area contributed by atoms with E-state index < -0.39 is 10.9 Å². The summed E-state index contributed by atoms with van der Waals surface area (Å²) in [7, 11) is 2.77. The van der Waals surface area contributed by atoms with E-state index in [1.165, 1.54) is 32.4 Å². The number of non-ortho nitro benzene ring substituents is 1. The van der Waals surface area contributed by atoms with E-state index in [2.05, 4.69) is 4.74 Å². The van der Waals surface area contributed by atoms with Crippen LogP contribution in [0.5, 0.6) is 11.5 Å². The van der Waals surface area contributed by atoms with Gasteiger partial charge in [0.15, 0.2) is 11.5 Å². The Bertz CT molecular complexity index is 711. The number of rotatable bonds is 6. The van der Waals surface area contributed by atoms with Crippen LogP contribution in [0, 0.1) is 10.1 Å². The number of benzene rings is 2. The molecule has 2 rings (SSSR count). The van der Waals surface area contributed by atoms with Crippen molar-refractivity contribution >= 4 is 11.7 Å². The van der Waals surface area contributed by atoms with Gasteiger partial charge in [-0.25, -0.2) is 4.79 Å². The molecule has 0 aliphatic heterocycles. The Hall–Kier alpha value is -3.09. The highest BCUT2D eigenvalue weighted by atomic mass is 16.6. The van der Waals surface area contributed by atoms with Crippen molar-refractivity contribution in [3.05, 3.63) is 63.7 Å². The molecule has 23 heavy (non-hydrogen) atoms. The first-order chi connectivity index (χ1) is 11.0. The monoisotopic (exact) mass is 317 g/mol. The lowest BCUT2D eigenvalue weighted by Gasteiger charge is -2.10. The number of carbonyl (C=O) groups is 1. The van der Waals surface area contributed by atoms with Gasteiger partial charge >= 0.3 is 5.97 Å². The zero-order valence-corrected chi connectivity index (χ0v) is 12.6. The lowest BCUT2D eigenvalue weighted by atomic mass is 10.1. The number of nitrogens with zero attached hydrogens (tertiary/aromatic N) is 1. The number of nitro benzene ring substituents is 1. The molecule has 0 saturated heterocycles. The quantitative estimate of drug-likeness (QED) is 0.462. The summed E-state index contributed by atoms with van der Waals surface area (Å²) in [5, 5.41) is 10.8. The smallest absolute Gasteiger partial charge is 0.337 e. The molecule has 0 heterocycles. The molecule has 0 N–H and O–H groups in total. The highest BCUT2D eigenvalue weighted by Crippen LogP contribution is 2.31. The van der Waals surface area contributed by atoms with E-state index in [-0.39, 0.29) is 18.0 Å². The molecule has 0 amide bonds. The maximum atomic E-state index is 11.4. The largest absolute Gasteiger partial charge is 0.493 e. The minimum Gasteiger partial charge on any atom is -0.493 e. The van der Waals surface area contributed by atoms with Crippen LogP contribution in [0.3, 0.4) is 0 Å². The summed E-state index contributed by atoms with van der Waals surface area (Å²) in [4.78, 5) is 21.7. The Kier molecular flexibility index (Phi) is 5.14. The molecule has 2 aromatic rings. The number of methoxy groups -OCH3 is 2. The molecular weight excluding hydrogens is 302 g/mol. The first-order valence-corrected chi connectivity index (χ1v) is 6.67. The standard InChI is InChI=1S/C16H15NO6/c1-21-14-8-7-13(17(19)20)9-15(14)23-10-11-3-5-12(6-4-11)16(18)22-2/h3-9H,10H2,1-2H3. The van der Waals surface area contributed by atoms with Crippen molar-refractivity contribution in [3.63, 3.8) is 0 Å². The van der Waals surface area contributed by atoms with Crippen molar-refractivity contribution in [1.29, 1.82) is 0 Å². The van der Waals surface area contributed by atoms with E-state index in [9.17, 15) is 14.9 Å². The fourth-order valence-corrected chi connectivity index (χ4v) is 1.91. The number of ether oxygens (including phenoxy) is 3. The van der Waals surface area contributed by atoms with Crippen molar-refractivity contribution in [3.8, 4) is 11.5 Å². The average molecular weight is 317 g/mol. The van der Waals surface area contributed by atoms with E-state index in [0.29, 0.717) is 11.3 Å². The summed E-state index contributed by atoms with van der Waals surface area (Å²) >= 11 is 0. The second-order valence-corrected chi connectivity index (χ2v) is 4.57. The van der Waals surface area contributed by atoms with Crippen molar-refractivity contribution in [2.45, 2.75) is 6.61 Å². The van der Waals surface area contributed by atoms with Gasteiger partial charge in [-0.05, 0) is 23.8 Å². The summed E-state index contributed by atoms with van der Waals surface area (Å²) in [6, 6.07) is 10.8. The highest BCUT2D eigenvalue weighted by molar-refractivity contribution is 5.89. The third-order valence-corrected chi connectivity index (χ3v) is 3.13. The summed E-state index contributed by atoms with van der Waals surface area (Å²) in [5.74, 6) is 0.262. The normalized spacial score (nSPS) is 10.0. The zero-order valence-electron chi connectivity index (χ0n) is 12.6. The third-order valence-electron chi connectivity index (χ3n) is 3.13. The molecule has 0 fully saturated rings. The van der Waals surface area contributed by atoms with E-state index in [1.807, 2.05) is 0 Å². The Morgan fingerprint density at radius 2 is 1.78 bits per heavy atom. The summed E-state index contributed by atoms with van der Waals surface area (Å²) < 4.78 is 15.3. The number of hydrogen-bond acceptors (Lipinski definition) is 6. The maximum absolute atomic E-state index is 11.4. The van der Waals surface area contributed by atoms with Gasteiger partial charge < -0.3 is 14.2 Å².